The van der Waals surface area contributed by atoms with E-state index in [0.717, 1.165) is 11.5 Å². The number of aromatic nitrogens is 2. The monoisotopic (exact) mass is 528 g/mol. The third-order valence-electron chi connectivity index (χ3n) is 3.98. The zero-order valence-corrected chi connectivity index (χ0v) is 19.2. The fourth-order valence-corrected chi connectivity index (χ4v) is 5.82. The van der Waals surface area contributed by atoms with Gasteiger partial charge in [0.25, 0.3) is 0 Å². The van der Waals surface area contributed by atoms with Crippen LogP contribution >= 0.6 is 35.7 Å². The highest BCUT2D eigenvalue weighted by molar-refractivity contribution is 7.71. The summed E-state index contributed by atoms with van der Waals surface area (Å²) in [7, 11) is -16.8. The number of hydrogen-bond donors (Lipinski definition) is 7. The number of H-pyrrole nitrogens is 1. The lowest BCUT2D eigenvalue weighted by Crippen LogP contribution is -2.44. The van der Waals surface area contributed by atoms with E-state index < -0.39 is 59.8 Å². The van der Waals surface area contributed by atoms with Gasteiger partial charge in [0.05, 0.1) is 6.61 Å². The summed E-state index contributed by atoms with van der Waals surface area (Å²) in [6.45, 7) is 1.64. The van der Waals surface area contributed by atoms with Crippen molar-refractivity contribution in [3.8, 4) is 0 Å². The Bertz CT molecular complexity index is 1100. The number of phosphoric ester groups is 1. The lowest BCUT2D eigenvalue weighted by Gasteiger charge is -2.28. The molecule has 0 amide bonds. The summed E-state index contributed by atoms with van der Waals surface area (Å²) in [4.78, 5) is 50.1. The molecule has 0 saturated carbocycles. The van der Waals surface area contributed by atoms with E-state index in [-0.39, 0.29) is 4.64 Å². The van der Waals surface area contributed by atoms with Crippen LogP contribution in [-0.2, 0) is 31.6 Å². The minimum Gasteiger partial charge on any atom is -0.387 e. The summed E-state index contributed by atoms with van der Waals surface area (Å²) in [6.07, 6.45) is -3.76. The largest absolute Gasteiger partial charge is 0.490 e. The van der Waals surface area contributed by atoms with Crippen molar-refractivity contribution in [1.29, 1.82) is 0 Å². The molecule has 1 aliphatic heterocycles. The maximum Gasteiger partial charge on any atom is 0.490 e. The van der Waals surface area contributed by atoms with E-state index in [1.807, 2.05) is 0 Å². The number of aromatic amines is 1. The molecule has 2 rings (SSSR count). The van der Waals surface area contributed by atoms with Gasteiger partial charge in [-0.2, -0.15) is 8.62 Å². The van der Waals surface area contributed by atoms with Crippen LogP contribution in [0.15, 0.2) is 11.0 Å². The summed E-state index contributed by atoms with van der Waals surface area (Å²) in [5.74, 6) is 0. The zero-order valence-electron chi connectivity index (χ0n) is 15.7. The first-order chi connectivity index (χ1) is 13.9. The number of phosphoric acid groups is 3. The van der Waals surface area contributed by atoms with Crippen molar-refractivity contribution >= 4 is 35.7 Å². The first kappa shape index (κ1) is 26.6. The lowest BCUT2D eigenvalue weighted by atomic mass is 9.99. The second-order valence-corrected chi connectivity index (χ2v) is 11.4. The highest BCUT2D eigenvalue weighted by Gasteiger charge is 2.54. The molecule has 178 valence electrons. The van der Waals surface area contributed by atoms with Crippen LogP contribution < -0.4 is 5.69 Å². The molecule has 20 heteroatoms. The number of nitrogens with one attached hydrogen (secondary N) is 1. The molecule has 31 heavy (non-hydrogen) atoms. The van der Waals surface area contributed by atoms with Crippen molar-refractivity contribution in [2.24, 2.45) is 0 Å². The maximum absolute atomic E-state index is 12.1. The summed E-state index contributed by atoms with van der Waals surface area (Å²) in [6, 6.07) is 0. The third kappa shape index (κ3) is 6.69. The van der Waals surface area contributed by atoms with Crippen LogP contribution in [0, 0.1) is 11.6 Å². The number of hydrogen-bond acceptors (Lipinski definition) is 11. The molecule has 6 atom stereocenters. The minimum atomic E-state index is -5.74. The van der Waals surface area contributed by atoms with Gasteiger partial charge in [0.2, 0.25) is 0 Å². The molecule has 1 saturated heterocycles. The molecule has 1 aliphatic rings. The topological polar surface area (TPSA) is 247 Å². The van der Waals surface area contributed by atoms with E-state index in [1.54, 1.807) is 6.92 Å². The van der Waals surface area contributed by atoms with E-state index in [2.05, 4.69) is 18.1 Å². The summed E-state index contributed by atoms with van der Waals surface area (Å²) in [5, 5.41) is 20.6. The fraction of sp³-hybridized carbons (Fsp3) is 0.636. The highest BCUT2D eigenvalue weighted by atomic mass is 32.1. The smallest absolute Gasteiger partial charge is 0.387 e. The van der Waals surface area contributed by atoms with E-state index in [9.17, 15) is 33.6 Å². The molecular formula is C11H19N2O14P3S. The van der Waals surface area contributed by atoms with Crippen molar-refractivity contribution in [1.82, 2.24) is 9.55 Å². The number of nitrogens with zero attached hydrogens (tertiary/aromatic N) is 1. The average molecular weight is 528 g/mol. The van der Waals surface area contributed by atoms with Gasteiger partial charge in [-0.05, 0) is 13.8 Å². The van der Waals surface area contributed by atoms with Gasteiger partial charge in [-0.15, -0.1) is 0 Å². The second kappa shape index (κ2) is 8.97. The fourth-order valence-electron chi connectivity index (χ4n) is 2.56. The Morgan fingerprint density at radius 1 is 1.19 bits per heavy atom. The van der Waals surface area contributed by atoms with Crippen LogP contribution in [0.5, 0.6) is 0 Å². The van der Waals surface area contributed by atoms with Crippen LogP contribution in [0.1, 0.15) is 18.7 Å². The molecule has 0 spiro atoms. The van der Waals surface area contributed by atoms with Gasteiger partial charge in [-0.1, -0.05) is 12.2 Å². The van der Waals surface area contributed by atoms with Crippen LogP contribution in [0.4, 0.5) is 0 Å². The average Bonchev–Trinajstić information content (AvgIpc) is 2.78. The van der Waals surface area contributed by atoms with Crippen LogP contribution in [0.25, 0.3) is 0 Å². The predicted octanol–water partition coefficient (Wildman–Crippen LogP) is -0.433. The highest BCUT2D eigenvalue weighted by Crippen LogP contribution is 2.66. The Hall–Kier alpha value is -0.610. The van der Waals surface area contributed by atoms with E-state index >= 15 is 0 Å². The van der Waals surface area contributed by atoms with Gasteiger partial charge in [-0.3, -0.25) is 14.1 Å². The first-order valence-electron chi connectivity index (χ1n) is 8.00. The predicted molar refractivity (Wildman–Crippen MR) is 101 cm³/mol. The number of ether oxygens (including phenoxy) is 1. The molecule has 5 unspecified atom stereocenters. The SMILES string of the molecule is Cc1cn([C@H]2OC(C)(COP(=O)(O)OP(=O)(O)OP(=O)(O)O)C(O)C2O)c(=O)[nH]c1=S. The van der Waals surface area contributed by atoms with Gasteiger partial charge in [0.1, 0.15) is 22.4 Å². The van der Waals surface area contributed by atoms with E-state index in [1.165, 1.54) is 6.20 Å². The molecule has 1 aromatic rings. The molecule has 0 radical (unpaired) electrons. The van der Waals surface area contributed by atoms with Gasteiger partial charge in [-0.25, -0.2) is 18.5 Å². The Balaban J connectivity index is 2.18. The van der Waals surface area contributed by atoms with Crippen LogP contribution in [0.3, 0.4) is 0 Å². The molecule has 2 heterocycles. The normalized spacial score (nSPS) is 30.6. The van der Waals surface area contributed by atoms with E-state index in [4.69, 9.17) is 31.6 Å². The quantitative estimate of drug-likeness (QED) is 0.167. The molecule has 1 fully saturated rings. The second-order valence-electron chi connectivity index (χ2n) is 6.60. The number of aryl methyl sites for hydroxylation is 1. The Morgan fingerprint density at radius 2 is 1.77 bits per heavy atom. The minimum absolute atomic E-state index is 0.129. The van der Waals surface area contributed by atoms with Gasteiger partial charge >= 0.3 is 29.2 Å². The molecule has 16 nitrogen and oxygen atoms in total. The van der Waals surface area contributed by atoms with Crippen molar-refractivity contribution < 1.29 is 61.4 Å². The Morgan fingerprint density at radius 3 is 2.32 bits per heavy atom. The summed E-state index contributed by atoms with van der Waals surface area (Å²) in [5.41, 5.74) is -2.30. The molecule has 7 N–H and O–H groups in total. The molecule has 0 aliphatic carbocycles. The Kier molecular flexibility index (Phi) is 7.71. The van der Waals surface area contributed by atoms with E-state index in [0.29, 0.717) is 5.56 Å². The lowest BCUT2D eigenvalue weighted by molar-refractivity contribution is -0.116. The van der Waals surface area contributed by atoms with Crippen molar-refractivity contribution in [2.45, 2.75) is 37.9 Å². The van der Waals surface area contributed by atoms with Crippen LogP contribution in [-0.4, -0.2) is 63.8 Å². The van der Waals surface area contributed by atoms with Crippen molar-refractivity contribution in [3.05, 3.63) is 26.9 Å². The standard InChI is InChI=1S/C11H19N2O14P3S/c1-5-3-13(10(16)12-8(5)31)9-6(14)7(15)11(2,25-9)4-24-29(20,21)27-30(22,23)26-28(17,18)19/h3,6-7,9,14-15H,4H2,1-2H3,(H,20,21)(H,22,23)(H,12,16,31)(H2,17,18,19)/t6?,7?,9-,11?/m0/s1. The molecule has 0 aromatic carbocycles. The first-order valence-corrected chi connectivity index (χ1v) is 12.9. The zero-order chi connectivity index (χ0) is 24.0. The Labute approximate surface area is 178 Å². The number of aliphatic hydroxyl groups excluding tert-OH is 2. The number of rotatable bonds is 8. The van der Waals surface area contributed by atoms with Gasteiger partial charge in [0, 0.05) is 11.8 Å². The molecule has 1 aromatic heterocycles. The van der Waals surface area contributed by atoms with Gasteiger partial charge in [0.15, 0.2) is 6.23 Å². The van der Waals surface area contributed by atoms with Crippen molar-refractivity contribution in [2.75, 3.05) is 6.61 Å². The maximum atomic E-state index is 12.1. The summed E-state index contributed by atoms with van der Waals surface area (Å²) < 4.78 is 51.9. The summed E-state index contributed by atoms with van der Waals surface area (Å²) >= 11 is 4.91. The van der Waals surface area contributed by atoms with Crippen LogP contribution in [0.2, 0.25) is 0 Å². The van der Waals surface area contributed by atoms with Crippen molar-refractivity contribution in [3.63, 3.8) is 0 Å². The molecular weight excluding hydrogens is 509 g/mol. The van der Waals surface area contributed by atoms with Gasteiger partial charge < -0.3 is 34.5 Å². The molecule has 0 bridgehead atoms. The number of aliphatic hydroxyl groups is 2. The third-order valence-corrected chi connectivity index (χ3v) is 8.19.